The van der Waals surface area contributed by atoms with Crippen molar-refractivity contribution in [2.45, 2.75) is 24.7 Å². The summed E-state index contributed by atoms with van der Waals surface area (Å²) in [5.74, 6) is -0.819. The normalized spacial score (nSPS) is 20.0. The number of carboxylic acids is 1. The number of hydrogen-bond donors (Lipinski definition) is 1. The molecule has 2 heterocycles. The second-order valence-electron chi connectivity index (χ2n) is 5.75. The van der Waals surface area contributed by atoms with Gasteiger partial charge in [-0.25, -0.2) is 0 Å². The van der Waals surface area contributed by atoms with Crippen molar-refractivity contribution in [1.29, 1.82) is 0 Å². The lowest BCUT2D eigenvalue weighted by molar-refractivity contribution is -0.138. The Morgan fingerprint density at radius 1 is 1.27 bits per heavy atom. The molecule has 1 N–H and O–H groups in total. The molecule has 1 aliphatic heterocycles. The second kappa shape index (κ2) is 4.69. The minimum Gasteiger partial charge on any atom is -0.481 e. The van der Waals surface area contributed by atoms with E-state index in [9.17, 15) is 14.7 Å². The smallest absolute Gasteiger partial charge is 0.312 e. The predicted octanol–water partition coefficient (Wildman–Crippen LogP) is 2.38. The third-order valence-corrected chi connectivity index (χ3v) is 4.24. The molecular formula is C16H14N2O4. The van der Waals surface area contributed by atoms with Crippen LogP contribution in [0.1, 0.15) is 46.5 Å². The second-order valence-corrected chi connectivity index (χ2v) is 5.75. The molecule has 4 rings (SSSR count). The van der Waals surface area contributed by atoms with Gasteiger partial charge < -0.3 is 14.5 Å². The number of amides is 1. The summed E-state index contributed by atoms with van der Waals surface area (Å²) in [4.78, 5) is 25.5. The molecule has 1 saturated carbocycles. The van der Waals surface area contributed by atoms with E-state index in [1.54, 1.807) is 30.3 Å². The fourth-order valence-electron chi connectivity index (χ4n) is 2.90. The number of aliphatic carboxylic acids is 1. The standard InChI is InChI=1S/C16H14N2O4/c19-15(12-7-14(22-17-12)9-5-6-9)18-8-11(16(20)21)10-3-1-2-4-13(10)18/h1-4,7,9,11H,5-6,8H2,(H,20,21). The molecule has 112 valence electrons. The van der Waals surface area contributed by atoms with Crippen molar-refractivity contribution < 1.29 is 19.2 Å². The number of benzene rings is 1. The Balaban J connectivity index is 1.67. The highest BCUT2D eigenvalue weighted by Gasteiger charge is 2.38. The first-order valence-electron chi connectivity index (χ1n) is 7.25. The summed E-state index contributed by atoms with van der Waals surface area (Å²) in [6.45, 7) is 0.124. The first-order valence-corrected chi connectivity index (χ1v) is 7.25. The van der Waals surface area contributed by atoms with E-state index in [-0.39, 0.29) is 18.1 Å². The van der Waals surface area contributed by atoms with E-state index in [0.29, 0.717) is 17.2 Å². The number of rotatable bonds is 3. The summed E-state index contributed by atoms with van der Waals surface area (Å²) >= 11 is 0. The number of para-hydroxylation sites is 1. The first kappa shape index (κ1) is 13.1. The molecule has 0 saturated heterocycles. The van der Waals surface area contributed by atoms with Gasteiger partial charge in [0.1, 0.15) is 11.7 Å². The minimum atomic E-state index is -0.929. The zero-order valence-electron chi connectivity index (χ0n) is 11.7. The van der Waals surface area contributed by atoms with Crippen LogP contribution < -0.4 is 4.90 Å². The maximum atomic E-state index is 12.6. The van der Waals surface area contributed by atoms with Crippen LogP contribution in [0.15, 0.2) is 34.9 Å². The summed E-state index contributed by atoms with van der Waals surface area (Å²) in [7, 11) is 0. The molecule has 1 aliphatic carbocycles. The van der Waals surface area contributed by atoms with Crippen LogP contribution in [0, 0.1) is 0 Å². The molecule has 1 unspecified atom stereocenters. The fraction of sp³-hybridized carbons (Fsp3) is 0.312. The van der Waals surface area contributed by atoms with Gasteiger partial charge in [0.15, 0.2) is 5.69 Å². The molecular weight excluding hydrogens is 284 g/mol. The largest absolute Gasteiger partial charge is 0.481 e. The molecule has 1 aromatic heterocycles. The summed E-state index contributed by atoms with van der Waals surface area (Å²) in [5, 5.41) is 13.2. The van der Waals surface area contributed by atoms with Gasteiger partial charge in [0.05, 0.1) is 0 Å². The van der Waals surface area contributed by atoms with Crippen LogP contribution in [0.5, 0.6) is 0 Å². The van der Waals surface area contributed by atoms with Gasteiger partial charge >= 0.3 is 5.97 Å². The number of carbonyl (C=O) groups is 2. The molecule has 6 nitrogen and oxygen atoms in total. The van der Waals surface area contributed by atoms with Crippen molar-refractivity contribution in [1.82, 2.24) is 5.16 Å². The quantitative estimate of drug-likeness (QED) is 0.940. The van der Waals surface area contributed by atoms with E-state index in [2.05, 4.69) is 5.16 Å². The lowest BCUT2D eigenvalue weighted by atomic mass is 10.0. The maximum Gasteiger partial charge on any atom is 0.312 e. The van der Waals surface area contributed by atoms with Crippen molar-refractivity contribution in [3.05, 3.63) is 47.3 Å². The van der Waals surface area contributed by atoms with Crippen LogP contribution >= 0.6 is 0 Å². The monoisotopic (exact) mass is 298 g/mol. The Morgan fingerprint density at radius 3 is 2.77 bits per heavy atom. The lowest BCUT2D eigenvalue weighted by Crippen LogP contribution is -2.31. The van der Waals surface area contributed by atoms with Crippen molar-refractivity contribution in [2.24, 2.45) is 0 Å². The summed E-state index contributed by atoms with van der Waals surface area (Å²) in [6, 6.07) is 8.76. The Labute approximate surface area is 126 Å². The van der Waals surface area contributed by atoms with Crippen LogP contribution in [0.2, 0.25) is 0 Å². The average molecular weight is 298 g/mol. The summed E-state index contributed by atoms with van der Waals surface area (Å²) in [5.41, 5.74) is 1.54. The molecule has 6 heteroatoms. The minimum absolute atomic E-state index is 0.124. The van der Waals surface area contributed by atoms with Crippen molar-refractivity contribution >= 4 is 17.6 Å². The zero-order valence-corrected chi connectivity index (χ0v) is 11.7. The molecule has 1 amide bonds. The number of anilines is 1. The number of carboxylic acid groups (broad SMARTS) is 1. The van der Waals surface area contributed by atoms with E-state index < -0.39 is 11.9 Å². The van der Waals surface area contributed by atoms with Gasteiger partial charge in [0.25, 0.3) is 5.91 Å². The Bertz CT molecular complexity index is 763. The van der Waals surface area contributed by atoms with Crippen molar-refractivity contribution in [3.8, 4) is 0 Å². The van der Waals surface area contributed by atoms with Gasteiger partial charge in [0.2, 0.25) is 0 Å². The predicted molar refractivity (Wildman–Crippen MR) is 77.0 cm³/mol. The Hall–Kier alpha value is -2.63. The highest BCUT2D eigenvalue weighted by Crippen LogP contribution is 2.41. The fourth-order valence-corrected chi connectivity index (χ4v) is 2.90. The van der Waals surface area contributed by atoms with Gasteiger partial charge in [0, 0.05) is 24.2 Å². The van der Waals surface area contributed by atoms with Crippen LogP contribution in [0.4, 0.5) is 5.69 Å². The molecule has 2 aliphatic rings. The van der Waals surface area contributed by atoms with Gasteiger partial charge in [-0.05, 0) is 24.5 Å². The van der Waals surface area contributed by atoms with E-state index >= 15 is 0 Å². The number of nitrogens with zero attached hydrogens (tertiary/aromatic N) is 2. The number of carbonyl (C=O) groups excluding carboxylic acids is 1. The third-order valence-electron chi connectivity index (χ3n) is 4.24. The van der Waals surface area contributed by atoms with E-state index in [4.69, 9.17) is 4.52 Å². The van der Waals surface area contributed by atoms with Crippen molar-refractivity contribution in [3.63, 3.8) is 0 Å². The van der Waals surface area contributed by atoms with Crippen LogP contribution in [0.3, 0.4) is 0 Å². The zero-order chi connectivity index (χ0) is 15.3. The first-order chi connectivity index (χ1) is 10.6. The van der Waals surface area contributed by atoms with Gasteiger partial charge in [-0.2, -0.15) is 0 Å². The Kier molecular flexibility index (Phi) is 2.79. The highest BCUT2D eigenvalue weighted by molar-refractivity contribution is 6.07. The van der Waals surface area contributed by atoms with Crippen LogP contribution in [-0.2, 0) is 4.79 Å². The van der Waals surface area contributed by atoms with Gasteiger partial charge in [-0.1, -0.05) is 23.4 Å². The Morgan fingerprint density at radius 2 is 2.05 bits per heavy atom. The van der Waals surface area contributed by atoms with Crippen LogP contribution in [-0.4, -0.2) is 28.7 Å². The maximum absolute atomic E-state index is 12.6. The van der Waals surface area contributed by atoms with E-state index in [1.807, 2.05) is 0 Å². The highest BCUT2D eigenvalue weighted by atomic mass is 16.5. The SMILES string of the molecule is O=C(O)C1CN(C(=O)c2cc(C3CC3)on2)c2ccccc21. The molecule has 1 aromatic carbocycles. The van der Waals surface area contributed by atoms with Crippen molar-refractivity contribution in [2.75, 3.05) is 11.4 Å². The molecule has 22 heavy (non-hydrogen) atoms. The lowest BCUT2D eigenvalue weighted by Gasteiger charge is -2.15. The van der Waals surface area contributed by atoms with Gasteiger partial charge in [-0.3, -0.25) is 9.59 Å². The number of aromatic nitrogens is 1. The third kappa shape index (κ3) is 1.99. The topological polar surface area (TPSA) is 83.6 Å². The molecule has 1 fully saturated rings. The number of hydrogen-bond acceptors (Lipinski definition) is 4. The molecule has 0 bridgehead atoms. The molecule has 0 spiro atoms. The van der Waals surface area contributed by atoms with Crippen LogP contribution in [0.25, 0.3) is 0 Å². The summed E-state index contributed by atoms with van der Waals surface area (Å²) < 4.78 is 5.22. The molecule has 0 radical (unpaired) electrons. The van der Waals surface area contributed by atoms with Gasteiger partial charge in [-0.15, -0.1) is 0 Å². The summed E-state index contributed by atoms with van der Waals surface area (Å²) in [6.07, 6.45) is 2.13. The molecule has 2 aromatic rings. The number of fused-ring (bicyclic) bond motifs is 1. The molecule has 1 atom stereocenters. The van der Waals surface area contributed by atoms with E-state index in [1.165, 1.54) is 4.90 Å². The van der Waals surface area contributed by atoms with E-state index in [0.717, 1.165) is 18.6 Å². The average Bonchev–Trinajstić information content (AvgIpc) is 3.12.